The molecule has 0 amide bonds. The number of esters is 1. The molecule has 0 aromatic heterocycles. The van der Waals surface area contributed by atoms with Crippen LogP contribution in [0.3, 0.4) is 0 Å². The minimum atomic E-state index is -0.851. The summed E-state index contributed by atoms with van der Waals surface area (Å²) in [5, 5.41) is 21.5. The van der Waals surface area contributed by atoms with Gasteiger partial charge in [0, 0.05) is 12.1 Å². The van der Waals surface area contributed by atoms with Crippen molar-refractivity contribution >= 4 is 33.3 Å². The molecule has 9 heteroatoms. The van der Waals surface area contributed by atoms with Crippen molar-refractivity contribution < 1.29 is 19.4 Å². The number of carbonyl (C=O) groups is 1. The summed E-state index contributed by atoms with van der Waals surface area (Å²) in [7, 11) is 0. The predicted molar refractivity (Wildman–Crippen MR) is 63.4 cm³/mol. The van der Waals surface area contributed by atoms with Crippen molar-refractivity contribution in [2.45, 2.75) is 6.92 Å². The van der Waals surface area contributed by atoms with Gasteiger partial charge in [-0.3, -0.25) is 20.2 Å². The van der Waals surface area contributed by atoms with Crippen LogP contribution in [0.15, 0.2) is 16.6 Å². The number of halogens is 1. The van der Waals surface area contributed by atoms with Gasteiger partial charge in [-0.1, -0.05) is 0 Å². The van der Waals surface area contributed by atoms with E-state index >= 15 is 0 Å². The molecule has 0 aliphatic heterocycles. The maximum Gasteiger partial charge on any atom is 0.338 e. The number of carbonyl (C=O) groups excluding carboxylic acids is 1. The quantitative estimate of drug-likeness (QED) is 0.478. The molecule has 0 N–H and O–H groups in total. The van der Waals surface area contributed by atoms with E-state index in [9.17, 15) is 25.0 Å². The fourth-order valence-electron chi connectivity index (χ4n) is 1.19. The average Bonchev–Trinajstić information content (AvgIpc) is 2.28. The Morgan fingerprint density at radius 3 is 2.06 bits per heavy atom. The zero-order chi connectivity index (χ0) is 13.9. The van der Waals surface area contributed by atoms with Gasteiger partial charge in [0.1, 0.15) is 0 Å². The molecule has 0 atom stereocenters. The van der Waals surface area contributed by atoms with Crippen LogP contribution in [0.4, 0.5) is 11.4 Å². The summed E-state index contributed by atoms with van der Waals surface area (Å²) in [6.07, 6.45) is 0. The number of hydrogen-bond acceptors (Lipinski definition) is 6. The second kappa shape index (κ2) is 5.54. The molecule has 1 aromatic carbocycles. The number of nitrogens with zero attached hydrogens (tertiary/aromatic N) is 2. The standard InChI is InChI=1S/C9H7BrN2O6/c1-2-18-9(13)5-3-6(11(14)15)8(10)7(4-5)12(16)17/h3-4H,2H2,1H3. The Morgan fingerprint density at radius 1 is 1.28 bits per heavy atom. The molecule has 0 fully saturated rings. The van der Waals surface area contributed by atoms with Crippen molar-refractivity contribution in [3.8, 4) is 0 Å². The molecule has 0 saturated carbocycles. The number of hydrogen-bond donors (Lipinski definition) is 0. The van der Waals surface area contributed by atoms with Crippen molar-refractivity contribution in [3.63, 3.8) is 0 Å². The molecule has 0 aliphatic rings. The first-order valence-electron chi connectivity index (χ1n) is 4.68. The van der Waals surface area contributed by atoms with E-state index in [2.05, 4.69) is 20.7 Å². The van der Waals surface area contributed by atoms with Crippen molar-refractivity contribution in [1.29, 1.82) is 0 Å². The highest BCUT2D eigenvalue weighted by Crippen LogP contribution is 2.35. The Hall–Kier alpha value is -2.03. The molecule has 0 aliphatic carbocycles. The van der Waals surface area contributed by atoms with Crippen LogP contribution in [0.2, 0.25) is 0 Å². The third kappa shape index (κ3) is 2.80. The van der Waals surface area contributed by atoms with E-state index in [1.165, 1.54) is 0 Å². The molecular weight excluding hydrogens is 312 g/mol. The summed E-state index contributed by atoms with van der Waals surface area (Å²) in [4.78, 5) is 31.2. The highest BCUT2D eigenvalue weighted by Gasteiger charge is 2.27. The second-order valence-corrected chi connectivity index (χ2v) is 3.86. The van der Waals surface area contributed by atoms with Crippen molar-refractivity contribution in [2.75, 3.05) is 6.61 Å². The Morgan fingerprint density at radius 2 is 1.72 bits per heavy atom. The van der Waals surface area contributed by atoms with Crippen LogP contribution >= 0.6 is 15.9 Å². The van der Waals surface area contributed by atoms with E-state index in [0.29, 0.717) is 0 Å². The molecule has 0 unspecified atom stereocenters. The summed E-state index contributed by atoms with van der Waals surface area (Å²) < 4.78 is 4.35. The largest absolute Gasteiger partial charge is 0.462 e. The highest BCUT2D eigenvalue weighted by molar-refractivity contribution is 9.10. The van der Waals surface area contributed by atoms with Crippen LogP contribution in [0.25, 0.3) is 0 Å². The monoisotopic (exact) mass is 318 g/mol. The molecule has 18 heavy (non-hydrogen) atoms. The smallest absolute Gasteiger partial charge is 0.338 e. The van der Waals surface area contributed by atoms with Gasteiger partial charge in [0.05, 0.1) is 22.0 Å². The molecule has 0 heterocycles. The molecule has 0 bridgehead atoms. The first-order chi connectivity index (χ1) is 8.38. The lowest BCUT2D eigenvalue weighted by atomic mass is 10.2. The topological polar surface area (TPSA) is 113 Å². The number of nitro benzene ring substituents is 2. The molecule has 0 spiro atoms. The van der Waals surface area contributed by atoms with Crippen LogP contribution in [0.1, 0.15) is 17.3 Å². The molecule has 96 valence electrons. The lowest BCUT2D eigenvalue weighted by Gasteiger charge is -2.03. The summed E-state index contributed by atoms with van der Waals surface area (Å²) in [6, 6.07) is 1.85. The zero-order valence-electron chi connectivity index (χ0n) is 9.08. The van der Waals surface area contributed by atoms with Gasteiger partial charge in [-0.15, -0.1) is 0 Å². The fourth-order valence-corrected chi connectivity index (χ4v) is 1.71. The van der Waals surface area contributed by atoms with E-state index in [-0.39, 0.29) is 16.6 Å². The van der Waals surface area contributed by atoms with Crippen LogP contribution in [0.5, 0.6) is 0 Å². The summed E-state index contributed by atoms with van der Waals surface area (Å²) in [5.74, 6) is -0.851. The average molecular weight is 319 g/mol. The van der Waals surface area contributed by atoms with E-state index in [1.807, 2.05) is 0 Å². The Kier molecular flexibility index (Phi) is 4.32. The summed E-state index contributed by atoms with van der Waals surface area (Å²) >= 11 is 2.77. The predicted octanol–water partition coefficient (Wildman–Crippen LogP) is 2.44. The molecule has 1 aromatic rings. The Labute approximate surface area is 109 Å². The van der Waals surface area contributed by atoms with Crippen LogP contribution < -0.4 is 0 Å². The van der Waals surface area contributed by atoms with Gasteiger partial charge in [0.25, 0.3) is 11.4 Å². The minimum Gasteiger partial charge on any atom is -0.462 e. The molecule has 0 radical (unpaired) electrons. The van der Waals surface area contributed by atoms with Gasteiger partial charge in [-0.05, 0) is 22.9 Å². The van der Waals surface area contributed by atoms with Gasteiger partial charge in [-0.25, -0.2) is 4.79 Å². The van der Waals surface area contributed by atoms with Crippen LogP contribution in [-0.2, 0) is 4.74 Å². The lowest BCUT2D eigenvalue weighted by molar-refractivity contribution is -0.395. The lowest BCUT2D eigenvalue weighted by Crippen LogP contribution is -2.07. The Balaban J connectivity index is 3.43. The maximum atomic E-state index is 11.4. The fraction of sp³-hybridized carbons (Fsp3) is 0.222. The van der Waals surface area contributed by atoms with Gasteiger partial charge < -0.3 is 4.74 Å². The maximum absolute atomic E-state index is 11.4. The van der Waals surface area contributed by atoms with Crippen LogP contribution in [0, 0.1) is 20.2 Å². The normalized spacial score (nSPS) is 9.89. The van der Waals surface area contributed by atoms with Crippen molar-refractivity contribution in [2.24, 2.45) is 0 Å². The third-order valence-corrected chi connectivity index (χ3v) is 2.75. The van der Waals surface area contributed by atoms with E-state index in [1.54, 1.807) is 6.92 Å². The van der Waals surface area contributed by atoms with Crippen molar-refractivity contribution in [1.82, 2.24) is 0 Å². The molecule has 0 saturated heterocycles. The first kappa shape index (κ1) is 14.0. The van der Waals surface area contributed by atoms with Gasteiger partial charge in [0.2, 0.25) is 0 Å². The van der Waals surface area contributed by atoms with Gasteiger partial charge >= 0.3 is 5.97 Å². The first-order valence-corrected chi connectivity index (χ1v) is 5.47. The van der Waals surface area contributed by atoms with Crippen LogP contribution in [-0.4, -0.2) is 22.4 Å². The van der Waals surface area contributed by atoms with E-state index in [4.69, 9.17) is 0 Å². The Bertz CT molecular complexity index is 495. The molecule has 1 rings (SSSR count). The number of rotatable bonds is 4. The summed E-state index contributed by atoms with van der Waals surface area (Å²) in [6.45, 7) is 1.62. The highest BCUT2D eigenvalue weighted by atomic mass is 79.9. The van der Waals surface area contributed by atoms with Gasteiger partial charge in [0.15, 0.2) is 4.47 Å². The van der Waals surface area contributed by atoms with Gasteiger partial charge in [-0.2, -0.15) is 0 Å². The second-order valence-electron chi connectivity index (χ2n) is 3.06. The number of ether oxygens (including phenoxy) is 1. The molecule has 8 nitrogen and oxygen atoms in total. The minimum absolute atomic E-state index is 0.0660. The summed E-state index contributed by atoms with van der Waals surface area (Å²) in [5.41, 5.74) is -1.36. The number of benzene rings is 1. The SMILES string of the molecule is CCOC(=O)c1cc([N+](=O)[O-])c(Br)c([N+](=O)[O-])c1. The molecular formula is C9H7BrN2O6. The van der Waals surface area contributed by atoms with Crippen molar-refractivity contribution in [3.05, 3.63) is 42.4 Å². The van der Waals surface area contributed by atoms with E-state index in [0.717, 1.165) is 12.1 Å². The number of nitro groups is 2. The van der Waals surface area contributed by atoms with E-state index < -0.39 is 27.2 Å². The zero-order valence-corrected chi connectivity index (χ0v) is 10.7. The third-order valence-electron chi connectivity index (χ3n) is 1.94.